The van der Waals surface area contributed by atoms with Crippen LogP contribution in [0.15, 0.2) is 12.4 Å². The first-order valence-corrected chi connectivity index (χ1v) is 5.91. The Hall–Kier alpha value is -0.830. The minimum absolute atomic E-state index is 0.670. The second kappa shape index (κ2) is 5.31. The van der Waals surface area contributed by atoms with Crippen molar-refractivity contribution in [3.63, 3.8) is 0 Å². The van der Waals surface area contributed by atoms with Crippen LogP contribution in [-0.4, -0.2) is 14.9 Å². The number of nitrogens with zero attached hydrogens (tertiary/aromatic N) is 2. The minimum Gasteiger partial charge on any atom is -0.385 e. The highest BCUT2D eigenvalue weighted by atomic mass is 16.3. The molecule has 0 atom stereocenters. The Morgan fingerprint density at radius 1 is 1.27 bits per heavy atom. The summed E-state index contributed by atoms with van der Waals surface area (Å²) in [6, 6.07) is 0. The maximum absolute atomic E-state index is 10.5. The summed E-state index contributed by atoms with van der Waals surface area (Å²) in [6.07, 6.45) is 7.38. The molecule has 1 aromatic heterocycles. The lowest BCUT2D eigenvalue weighted by Gasteiger charge is -2.26. The molecule has 0 radical (unpaired) electrons. The monoisotopic (exact) mass is 210 g/mol. The first kappa shape index (κ1) is 12.2. The summed E-state index contributed by atoms with van der Waals surface area (Å²) >= 11 is 0. The zero-order chi connectivity index (χ0) is 11.3. The lowest BCUT2D eigenvalue weighted by atomic mass is 9.87. The lowest BCUT2D eigenvalue weighted by molar-refractivity contribution is 0.0169. The lowest BCUT2D eigenvalue weighted by Crippen LogP contribution is -2.24. The van der Waals surface area contributed by atoms with Gasteiger partial charge in [0.15, 0.2) is 0 Å². The Morgan fingerprint density at radius 3 is 2.27 bits per heavy atom. The molecule has 0 fully saturated rings. The van der Waals surface area contributed by atoms with Gasteiger partial charge in [-0.15, -0.1) is 0 Å². The van der Waals surface area contributed by atoms with Gasteiger partial charge in [-0.3, -0.25) is 4.68 Å². The molecule has 0 spiro atoms. The van der Waals surface area contributed by atoms with E-state index in [-0.39, 0.29) is 0 Å². The molecule has 0 aromatic carbocycles. The summed E-state index contributed by atoms with van der Waals surface area (Å²) in [6.45, 7) is 7.11. The van der Waals surface area contributed by atoms with E-state index in [9.17, 15) is 5.11 Å². The van der Waals surface area contributed by atoms with Crippen molar-refractivity contribution in [3.05, 3.63) is 18.0 Å². The molecule has 15 heavy (non-hydrogen) atoms. The van der Waals surface area contributed by atoms with Gasteiger partial charge in [-0.1, -0.05) is 26.7 Å². The average molecular weight is 210 g/mol. The number of hydrogen-bond acceptors (Lipinski definition) is 2. The van der Waals surface area contributed by atoms with Crippen LogP contribution in [0.25, 0.3) is 0 Å². The molecule has 0 bridgehead atoms. The van der Waals surface area contributed by atoms with E-state index in [4.69, 9.17) is 0 Å². The van der Waals surface area contributed by atoms with Gasteiger partial charge in [0.1, 0.15) is 0 Å². The number of rotatable bonds is 6. The molecule has 1 heterocycles. The SMILES string of the molecule is CCCC(O)(CCC)c1cnn(CC)c1. The average Bonchev–Trinajstić information content (AvgIpc) is 2.67. The standard InChI is InChI=1S/C12H22N2O/c1-4-7-12(15,8-5-2)11-9-13-14(6-3)10-11/h9-10,15H,4-8H2,1-3H3. The number of aliphatic hydroxyl groups is 1. The molecule has 86 valence electrons. The Kier molecular flexibility index (Phi) is 4.33. The van der Waals surface area contributed by atoms with E-state index in [2.05, 4.69) is 25.9 Å². The van der Waals surface area contributed by atoms with Crippen LogP contribution in [0.1, 0.15) is 52.0 Å². The molecule has 3 nitrogen and oxygen atoms in total. The Balaban J connectivity index is 2.87. The third-order valence-corrected chi connectivity index (χ3v) is 2.82. The van der Waals surface area contributed by atoms with Gasteiger partial charge < -0.3 is 5.11 Å². The fourth-order valence-electron chi connectivity index (χ4n) is 2.02. The highest BCUT2D eigenvalue weighted by Crippen LogP contribution is 2.30. The zero-order valence-corrected chi connectivity index (χ0v) is 10.0. The molecular formula is C12H22N2O. The van der Waals surface area contributed by atoms with Crippen molar-refractivity contribution in [3.8, 4) is 0 Å². The maximum atomic E-state index is 10.5. The Bertz CT molecular complexity index is 288. The second-order valence-corrected chi connectivity index (χ2v) is 4.12. The van der Waals surface area contributed by atoms with Gasteiger partial charge in [-0.05, 0) is 19.8 Å². The fourth-order valence-corrected chi connectivity index (χ4v) is 2.02. The third-order valence-electron chi connectivity index (χ3n) is 2.82. The Morgan fingerprint density at radius 2 is 1.87 bits per heavy atom. The highest BCUT2D eigenvalue weighted by molar-refractivity contribution is 5.15. The van der Waals surface area contributed by atoms with E-state index in [1.54, 1.807) is 6.20 Å². The second-order valence-electron chi connectivity index (χ2n) is 4.12. The highest BCUT2D eigenvalue weighted by Gasteiger charge is 2.28. The van der Waals surface area contributed by atoms with E-state index in [0.29, 0.717) is 0 Å². The van der Waals surface area contributed by atoms with Crippen molar-refractivity contribution in [1.82, 2.24) is 9.78 Å². The predicted octanol–water partition coefficient (Wildman–Crippen LogP) is 2.69. The molecule has 0 saturated carbocycles. The Labute approximate surface area is 92.1 Å². The fraction of sp³-hybridized carbons (Fsp3) is 0.750. The summed E-state index contributed by atoms with van der Waals surface area (Å²) in [5.74, 6) is 0. The van der Waals surface area contributed by atoms with E-state index in [0.717, 1.165) is 37.8 Å². The topological polar surface area (TPSA) is 38.1 Å². The molecule has 3 heteroatoms. The third kappa shape index (κ3) is 2.81. The van der Waals surface area contributed by atoms with Crippen LogP contribution in [0, 0.1) is 0 Å². The summed E-state index contributed by atoms with van der Waals surface area (Å²) in [4.78, 5) is 0. The molecule has 0 amide bonds. The van der Waals surface area contributed by atoms with E-state index in [1.807, 2.05) is 10.9 Å². The molecule has 0 saturated heterocycles. The smallest absolute Gasteiger partial charge is 0.0926 e. The van der Waals surface area contributed by atoms with Crippen LogP contribution < -0.4 is 0 Å². The first-order valence-electron chi connectivity index (χ1n) is 5.91. The van der Waals surface area contributed by atoms with Gasteiger partial charge in [0.2, 0.25) is 0 Å². The number of hydrogen-bond donors (Lipinski definition) is 1. The first-order chi connectivity index (χ1) is 7.16. The van der Waals surface area contributed by atoms with Gasteiger partial charge in [0, 0.05) is 18.3 Å². The van der Waals surface area contributed by atoms with Crippen molar-refractivity contribution in [2.75, 3.05) is 0 Å². The molecule has 1 aromatic rings. The number of aryl methyl sites for hydroxylation is 1. The molecule has 1 N–H and O–H groups in total. The van der Waals surface area contributed by atoms with Gasteiger partial charge in [0.05, 0.1) is 11.8 Å². The predicted molar refractivity (Wildman–Crippen MR) is 61.6 cm³/mol. The molecule has 0 aliphatic heterocycles. The molecular weight excluding hydrogens is 188 g/mol. The van der Waals surface area contributed by atoms with Gasteiger partial charge in [-0.25, -0.2) is 0 Å². The van der Waals surface area contributed by atoms with Crippen LogP contribution in [-0.2, 0) is 12.1 Å². The summed E-state index contributed by atoms with van der Waals surface area (Å²) in [5, 5.41) is 14.8. The summed E-state index contributed by atoms with van der Waals surface area (Å²) < 4.78 is 1.87. The maximum Gasteiger partial charge on any atom is 0.0926 e. The van der Waals surface area contributed by atoms with Crippen molar-refractivity contribution in [2.24, 2.45) is 0 Å². The molecule has 1 rings (SSSR count). The van der Waals surface area contributed by atoms with Crippen molar-refractivity contribution >= 4 is 0 Å². The van der Waals surface area contributed by atoms with Crippen LogP contribution >= 0.6 is 0 Å². The summed E-state index contributed by atoms with van der Waals surface area (Å²) in [7, 11) is 0. The van der Waals surface area contributed by atoms with Gasteiger partial charge in [-0.2, -0.15) is 5.10 Å². The van der Waals surface area contributed by atoms with Gasteiger partial charge >= 0.3 is 0 Å². The van der Waals surface area contributed by atoms with Crippen LogP contribution in [0.4, 0.5) is 0 Å². The molecule has 0 aliphatic carbocycles. The van der Waals surface area contributed by atoms with E-state index in [1.165, 1.54) is 0 Å². The van der Waals surface area contributed by atoms with Crippen molar-refractivity contribution in [2.45, 2.75) is 58.6 Å². The normalized spacial score (nSPS) is 12.0. The zero-order valence-electron chi connectivity index (χ0n) is 10.0. The number of aromatic nitrogens is 2. The quantitative estimate of drug-likeness (QED) is 0.784. The van der Waals surface area contributed by atoms with Crippen LogP contribution in [0.3, 0.4) is 0 Å². The largest absolute Gasteiger partial charge is 0.385 e. The van der Waals surface area contributed by atoms with Crippen LogP contribution in [0.5, 0.6) is 0 Å². The van der Waals surface area contributed by atoms with Gasteiger partial charge in [0.25, 0.3) is 0 Å². The molecule has 0 unspecified atom stereocenters. The van der Waals surface area contributed by atoms with E-state index < -0.39 is 5.60 Å². The minimum atomic E-state index is -0.670. The van der Waals surface area contributed by atoms with Crippen molar-refractivity contribution < 1.29 is 5.11 Å². The summed E-state index contributed by atoms with van der Waals surface area (Å²) in [5.41, 5.74) is 0.296. The van der Waals surface area contributed by atoms with Crippen LogP contribution in [0.2, 0.25) is 0 Å². The van der Waals surface area contributed by atoms with Crippen molar-refractivity contribution in [1.29, 1.82) is 0 Å². The van der Waals surface area contributed by atoms with E-state index >= 15 is 0 Å². The molecule has 0 aliphatic rings.